The van der Waals surface area contributed by atoms with Crippen molar-refractivity contribution in [1.82, 2.24) is 9.97 Å². The van der Waals surface area contributed by atoms with Gasteiger partial charge in [0.1, 0.15) is 5.82 Å². The van der Waals surface area contributed by atoms with Crippen LogP contribution in [0, 0.1) is 5.92 Å². The number of nitrogens with zero attached hydrogens (tertiary/aromatic N) is 1. The Kier molecular flexibility index (Phi) is 6.29. The molecular formula is C18H34N2. The molecule has 1 heterocycles. The van der Waals surface area contributed by atoms with Crippen molar-refractivity contribution in [3.63, 3.8) is 0 Å². The lowest BCUT2D eigenvalue weighted by Crippen LogP contribution is -2.20. The normalized spacial score (nSPS) is 14.0. The third kappa shape index (κ3) is 4.10. The molecule has 0 amide bonds. The van der Waals surface area contributed by atoms with Crippen molar-refractivity contribution in [1.29, 1.82) is 0 Å². The van der Waals surface area contributed by atoms with Crippen LogP contribution < -0.4 is 0 Å². The number of nitrogens with one attached hydrogen (secondary N) is 1. The fourth-order valence-corrected chi connectivity index (χ4v) is 2.44. The van der Waals surface area contributed by atoms with E-state index in [0.29, 0.717) is 11.8 Å². The van der Waals surface area contributed by atoms with Gasteiger partial charge in [-0.3, -0.25) is 0 Å². The van der Waals surface area contributed by atoms with E-state index in [9.17, 15) is 0 Å². The highest BCUT2D eigenvalue weighted by atomic mass is 14.9. The van der Waals surface area contributed by atoms with Gasteiger partial charge in [0, 0.05) is 23.4 Å². The van der Waals surface area contributed by atoms with Crippen LogP contribution in [-0.2, 0) is 11.8 Å². The van der Waals surface area contributed by atoms with Crippen molar-refractivity contribution in [2.45, 2.75) is 91.9 Å². The van der Waals surface area contributed by atoms with E-state index in [2.05, 4.69) is 53.5 Å². The van der Waals surface area contributed by atoms with E-state index in [-0.39, 0.29) is 5.41 Å². The Hall–Kier alpha value is -0.790. The molecule has 0 aliphatic carbocycles. The second kappa shape index (κ2) is 7.28. The zero-order valence-corrected chi connectivity index (χ0v) is 14.6. The second-order valence-electron chi connectivity index (χ2n) is 7.17. The van der Waals surface area contributed by atoms with Gasteiger partial charge in [0.2, 0.25) is 0 Å². The summed E-state index contributed by atoms with van der Waals surface area (Å²) >= 11 is 0. The van der Waals surface area contributed by atoms with Gasteiger partial charge in [-0.05, 0) is 18.8 Å². The minimum absolute atomic E-state index is 0.165. The highest BCUT2D eigenvalue weighted by Gasteiger charge is 2.28. The third-order valence-electron chi connectivity index (χ3n) is 4.78. The Labute approximate surface area is 125 Å². The summed E-state index contributed by atoms with van der Waals surface area (Å²) in [4.78, 5) is 8.62. The van der Waals surface area contributed by atoms with Gasteiger partial charge in [-0.2, -0.15) is 0 Å². The van der Waals surface area contributed by atoms with E-state index in [4.69, 9.17) is 4.98 Å². The summed E-state index contributed by atoms with van der Waals surface area (Å²) in [6, 6.07) is 0. The summed E-state index contributed by atoms with van der Waals surface area (Å²) in [6.07, 6.45) is 6.02. The zero-order chi connectivity index (χ0) is 15.3. The van der Waals surface area contributed by atoms with Crippen molar-refractivity contribution >= 4 is 0 Å². The number of hydrogen-bond donors (Lipinski definition) is 1. The molecule has 0 radical (unpaired) electrons. The van der Waals surface area contributed by atoms with E-state index in [1.807, 2.05) is 0 Å². The molecule has 1 unspecified atom stereocenters. The first-order valence-corrected chi connectivity index (χ1v) is 8.42. The molecule has 0 aromatic carbocycles. The molecular weight excluding hydrogens is 244 g/mol. The fraction of sp³-hybridized carbons (Fsp3) is 0.833. The number of unbranched alkanes of at least 4 members (excludes halogenated alkanes) is 2. The maximum Gasteiger partial charge on any atom is 0.106 e. The largest absolute Gasteiger partial charge is 0.345 e. The maximum atomic E-state index is 4.97. The summed E-state index contributed by atoms with van der Waals surface area (Å²) in [6.45, 7) is 16.1. The van der Waals surface area contributed by atoms with E-state index in [0.717, 1.165) is 12.8 Å². The van der Waals surface area contributed by atoms with Gasteiger partial charge in [0.05, 0.1) is 5.69 Å². The minimum atomic E-state index is 0.165. The summed E-state index contributed by atoms with van der Waals surface area (Å²) in [7, 11) is 0. The molecule has 0 aliphatic heterocycles. The molecule has 1 aromatic rings. The van der Waals surface area contributed by atoms with Crippen molar-refractivity contribution in [3.8, 4) is 0 Å². The molecule has 0 saturated heterocycles. The first-order chi connectivity index (χ1) is 9.33. The number of rotatable bonds is 8. The van der Waals surface area contributed by atoms with Gasteiger partial charge in [0.15, 0.2) is 0 Å². The molecule has 1 rings (SSSR count). The van der Waals surface area contributed by atoms with Crippen molar-refractivity contribution in [2.24, 2.45) is 5.92 Å². The summed E-state index contributed by atoms with van der Waals surface area (Å²) in [5.74, 6) is 2.38. The molecule has 0 saturated carbocycles. The summed E-state index contributed by atoms with van der Waals surface area (Å²) in [5, 5.41) is 0. The molecule has 1 N–H and O–H groups in total. The van der Waals surface area contributed by atoms with Gasteiger partial charge in [-0.25, -0.2) is 4.98 Å². The quantitative estimate of drug-likeness (QED) is 0.617. The van der Waals surface area contributed by atoms with Crippen LogP contribution in [0.2, 0.25) is 0 Å². The third-order valence-corrected chi connectivity index (χ3v) is 4.78. The Morgan fingerprint density at radius 2 is 1.75 bits per heavy atom. The number of hydrogen-bond acceptors (Lipinski definition) is 1. The summed E-state index contributed by atoms with van der Waals surface area (Å²) < 4.78 is 0. The smallest absolute Gasteiger partial charge is 0.106 e. The Bertz CT molecular complexity index is 402. The molecule has 2 heteroatoms. The monoisotopic (exact) mass is 278 g/mol. The maximum absolute atomic E-state index is 4.97. The van der Waals surface area contributed by atoms with E-state index >= 15 is 0 Å². The highest BCUT2D eigenvalue weighted by molar-refractivity contribution is 5.26. The highest BCUT2D eigenvalue weighted by Crippen LogP contribution is 2.34. The average Bonchev–Trinajstić information content (AvgIpc) is 2.83. The number of H-pyrrole nitrogens is 1. The molecule has 0 fully saturated rings. The molecule has 2 nitrogen and oxygen atoms in total. The molecule has 1 aromatic heterocycles. The van der Waals surface area contributed by atoms with Crippen LogP contribution in [-0.4, -0.2) is 9.97 Å². The molecule has 0 spiro atoms. The topological polar surface area (TPSA) is 28.7 Å². The van der Waals surface area contributed by atoms with Crippen molar-refractivity contribution in [2.75, 3.05) is 0 Å². The van der Waals surface area contributed by atoms with E-state index in [1.165, 1.54) is 36.5 Å². The summed E-state index contributed by atoms with van der Waals surface area (Å²) in [5.41, 5.74) is 2.84. The van der Waals surface area contributed by atoms with E-state index in [1.54, 1.807) is 0 Å². The van der Waals surface area contributed by atoms with Crippen LogP contribution in [0.4, 0.5) is 0 Å². The SMILES string of the molecule is CCCCCc1nc(C(C)(C)CC)c(C(C)C(C)C)[nH]1. The van der Waals surface area contributed by atoms with Gasteiger partial charge >= 0.3 is 0 Å². The number of aryl methyl sites for hydroxylation is 1. The van der Waals surface area contributed by atoms with Gasteiger partial charge < -0.3 is 4.98 Å². The zero-order valence-electron chi connectivity index (χ0n) is 14.6. The number of imidazole rings is 1. The Morgan fingerprint density at radius 3 is 2.25 bits per heavy atom. The first kappa shape index (κ1) is 17.3. The lowest BCUT2D eigenvalue weighted by Gasteiger charge is -2.25. The van der Waals surface area contributed by atoms with Crippen molar-refractivity contribution in [3.05, 3.63) is 17.2 Å². The van der Waals surface area contributed by atoms with Gasteiger partial charge in [0.25, 0.3) is 0 Å². The predicted molar refractivity (Wildman–Crippen MR) is 88.4 cm³/mol. The lowest BCUT2D eigenvalue weighted by atomic mass is 9.81. The molecule has 0 bridgehead atoms. The minimum Gasteiger partial charge on any atom is -0.345 e. The van der Waals surface area contributed by atoms with Gasteiger partial charge in [-0.1, -0.05) is 61.3 Å². The molecule has 0 aliphatic rings. The standard InChI is InChI=1S/C18H34N2/c1-8-10-11-12-15-19-16(14(5)13(3)4)17(20-15)18(6,7)9-2/h13-14H,8-12H2,1-7H3,(H,19,20). The van der Waals surface area contributed by atoms with Crippen LogP contribution in [0.5, 0.6) is 0 Å². The Balaban J connectivity index is 3.05. The van der Waals surface area contributed by atoms with Crippen LogP contribution in [0.15, 0.2) is 0 Å². The van der Waals surface area contributed by atoms with Crippen LogP contribution >= 0.6 is 0 Å². The van der Waals surface area contributed by atoms with E-state index < -0.39 is 0 Å². The number of aromatic amines is 1. The number of aromatic nitrogens is 2. The first-order valence-electron chi connectivity index (χ1n) is 8.42. The predicted octanol–water partition coefficient (Wildman–Crippen LogP) is 5.59. The van der Waals surface area contributed by atoms with Crippen molar-refractivity contribution < 1.29 is 0 Å². The van der Waals surface area contributed by atoms with Crippen LogP contribution in [0.25, 0.3) is 0 Å². The molecule has 116 valence electrons. The fourth-order valence-electron chi connectivity index (χ4n) is 2.44. The van der Waals surface area contributed by atoms with Crippen LogP contribution in [0.1, 0.15) is 97.3 Å². The van der Waals surface area contributed by atoms with Crippen LogP contribution in [0.3, 0.4) is 0 Å². The second-order valence-corrected chi connectivity index (χ2v) is 7.17. The molecule has 1 atom stereocenters. The molecule has 20 heavy (non-hydrogen) atoms. The lowest BCUT2D eigenvalue weighted by molar-refractivity contribution is 0.462. The average molecular weight is 278 g/mol. The van der Waals surface area contributed by atoms with Gasteiger partial charge in [-0.15, -0.1) is 0 Å². The Morgan fingerprint density at radius 1 is 1.10 bits per heavy atom.